The molecule has 2 aromatic rings. The molecule has 0 aliphatic heterocycles. The van der Waals surface area contributed by atoms with Crippen molar-refractivity contribution in [2.75, 3.05) is 20.7 Å². The van der Waals surface area contributed by atoms with E-state index in [0.29, 0.717) is 18.2 Å². The molecule has 1 unspecified atom stereocenters. The van der Waals surface area contributed by atoms with Gasteiger partial charge in [-0.1, -0.05) is 32.0 Å². The number of aromatic nitrogens is 1. The normalized spacial score (nSPS) is 12.3. The second-order valence-corrected chi connectivity index (χ2v) is 6.97. The first-order valence-electron chi connectivity index (χ1n) is 9.14. The molecule has 27 heavy (non-hydrogen) atoms. The van der Waals surface area contributed by atoms with E-state index in [2.05, 4.69) is 18.7 Å². The standard InChI is InChI=1S/C21H28N2O4/c1-6-26-21(25)17-12-23(13-18(15(2)3)22(4)5)14-19(20(17)24)27-16-10-8-7-9-11-16/h7-12,14-15,18H,6,13H2,1-5H3. The Kier molecular flexibility index (Phi) is 7.19. The molecule has 2 rings (SSSR count). The highest BCUT2D eigenvalue weighted by molar-refractivity contribution is 5.89. The van der Waals surface area contributed by atoms with Crippen LogP contribution in [0.3, 0.4) is 0 Å². The van der Waals surface area contributed by atoms with Crippen molar-refractivity contribution in [2.45, 2.75) is 33.4 Å². The third-order valence-electron chi connectivity index (χ3n) is 4.34. The molecule has 146 valence electrons. The lowest BCUT2D eigenvalue weighted by Crippen LogP contribution is -2.37. The van der Waals surface area contributed by atoms with Gasteiger partial charge in [-0.25, -0.2) is 4.79 Å². The maximum Gasteiger partial charge on any atom is 0.343 e. The fourth-order valence-corrected chi connectivity index (χ4v) is 2.94. The van der Waals surface area contributed by atoms with E-state index in [1.54, 1.807) is 31.5 Å². The third kappa shape index (κ3) is 5.44. The van der Waals surface area contributed by atoms with Crippen molar-refractivity contribution in [1.29, 1.82) is 0 Å². The van der Waals surface area contributed by atoms with Crippen LogP contribution in [0, 0.1) is 5.92 Å². The van der Waals surface area contributed by atoms with Crippen molar-refractivity contribution in [3.8, 4) is 11.5 Å². The van der Waals surface area contributed by atoms with Crippen LogP contribution < -0.4 is 10.2 Å². The van der Waals surface area contributed by atoms with Crippen LogP contribution in [0.2, 0.25) is 0 Å². The average Bonchev–Trinajstić information content (AvgIpc) is 2.62. The smallest absolute Gasteiger partial charge is 0.343 e. The Hall–Kier alpha value is -2.60. The summed E-state index contributed by atoms with van der Waals surface area (Å²) in [5.74, 6) is 0.396. The van der Waals surface area contributed by atoms with Gasteiger partial charge in [0.05, 0.1) is 12.8 Å². The monoisotopic (exact) mass is 372 g/mol. The van der Waals surface area contributed by atoms with Crippen LogP contribution in [-0.2, 0) is 11.3 Å². The van der Waals surface area contributed by atoms with E-state index < -0.39 is 11.4 Å². The van der Waals surface area contributed by atoms with Crippen molar-refractivity contribution in [3.63, 3.8) is 0 Å². The predicted molar refractivity (Wildman–Crippen MR) is 105 cm³/mol. The van der Waals surface area contributed by atoms with Crippen molar-refractivity contribution >= 4 is 5.97 Å². The number of likely N-dealkylation sites (N-methyl/N-ethyl adjacent to an activating group) is 1. The summed E-state index contributed by atoms with van der Waals surface area (Å²) in [6.45, 7) is 6.81. The molecular weight excluding hydrogens is 344 g/mol. The van der Waals surface area contributed by atoms with Crippen LogP contribution in [-0.4, -0.2) is 42.2 Å². The lowest BCUT2D eigenvalue weighted by Gasteiger charge is -2.29. The molecule has 0 bridgehead atoms. The lowest BCUT2D eigenvalue weighted by atomic mass is 10.0. The van der Waals surface area contributed by atoms with Crippen LogP contribution in [0.1, 0.15) is 31.1 Å². The molecule has 0 spiro atoms. The van der Waals surface area contributed by atoms with Crippen molar-refractivity contribution in [3.05, 3.63) is 58.5 Å². The zero-order valence-electron chi connectivity index (χ0n) is 16.6. The third-order valence-corrected chi connectivity index (χ3v) is 4.34. The highest BCUT2D eigenvalue weighted by Crippen LogP contribution is 2.19. The summed E-state index contributed by atoms with van der Waals surface area (Å²) >= 11 is 0. The summed E-state index contributed by atoms with van der Waals surface area (Å²) in [5, 5.41) is 0. The number of rotatable bonds is 8. The van der Waals surface area contributed by atoms with Gasteiger partial charge in [0.25, 0.3) is 0 Å². The molecule has 0 radical (unpaired) electrons. The van der Waals surface area contributed by atoms with E-state index >= 15 is 0 Å². The fourth-order valence-electron chi connectivity index (χ4n) is 2.94. The van der Waals surface area contributed by atoms with Crippen molar-refractivity contribution in [2.24, 2.45) is 5.92 Å². The van der Waals surface area contributed by atoms with Gasteiger partial charge in [-0.3, -0.25) is 4.79 Å². The molecule has 0 N–H and O–H groups in total. The van der Waals surface area contributed by atoms with E-state index in [0.717, 1.165) is 0 Å². The highest BCUT2D eigenvalue weighted by Gasteiger charge is 2.21. The van der Waals surface area contributed by atoms with Crippen LogP contribution in [0.4, 0.5) is 0 Å². The summed E-state index contributed by atoms with van der Waals surface area (Å²) in [6, 6.07) is 9.26. The lowest BCUT2D eigenvalue weighted by molar-refractivity contribution is 0.0523. The Morgan fingerprint density at radius 3 is 2.37 bits per heavy atom. The van der Waals surface area contributed by atoms with Crippen LogP contribution in [0.15, 0.2) is 47.5 Å². The summed E-state index contributed by atoms with van der Waals surface area (Å²) in [6.07, 6.45) is 3.20. The van der Waals surface area contributed by atoms with Gasteiger partial charge >= 0.3 is 5.97 Å². The minimum absolute atomic E-state index is 0.0217. The molecule has 6 heteroatoms. The number of esters is 1. The topological polar surface area (TPSA) is 60.8 Å². The molecule has 1 aromatic heterocycles. The first kappa shape index (κ1) is 20.7. The predicted octanol–water partition coefficient (Wildman–Crippen LogP) is 3.40. The molecule has 6 nitrogen and oxygen atoms in total. The molecule has 0 amide bonds. The first-order valence-corrected chi connectivity index (χ1v) is 9.14. The number of benzene rings is 1. The van der Waals surface area contributed by atoms with E-state index in [-0.39, 0.29) is 24.0 Å². The van der Waals surface area contributed by atoms with Gasteiger partial charge in [0, 0.05) is 18.8 Å². The number of hydrogen-bond donors (Lipinski definition) is 0. The molecular formula is C21H28N2O4. The molecule has 1 heterocycles. The SMILES string of the molecule is CCOC(=O)c1cn(CC(C(C)C)N(C)C)cc(Oc2ccccc2)c1=O. The number of carbonyl (C=O) groups excluding carboxylic acids is 1. The van der Waals surface area contributed by atoms with Gasteiger partial charge in [0.2, 0.25) is 5.43 Å². The number of pyridine rings is 1. The number of carbonyl (C=O) groups is 1. The zero-order valence-corrected chi connectivity index (χ0v) is 16.6. The van der Waals surface area contributed by atoms with Crippen LogP contribution in [0.5, 0.6) is 11.5 Å². The van der Waals surface area contributed by atoms with Gasteiger partial charge < -0.3 is 18.9 Å². The maximum absolute atomic E-state index is 12.7. The number of nitrogens with zero attached hydrogens (tertiary/aromatic N) is 2. The van der Waals surface area contributed by atoms with E-state index in [9.17, 15) is 9.59 Å². The highest BCUT2D eigenvalue weighted by atomic mass is 16.5. The van der Waals surface area contributed by atoms with Gasteiger partial charge in [-0.05, 0) is 39.1 Å². The summed E-state index contributed by atoms with van der Waals surface area (Å²) < 4.78 is 12.6. The molecule has 0 aliphatic rings. The summed E-state index contributed by atoms with van der Waals surface area (Å²) in [7, 11) is 4.03. The molecule has 0 saturated heterocycles. The van der Waals surface area contributed by atoms with E-state index in [1.807, 2.05) is 36.9 Å². The maximum atomic E-state index is 12.7. The van der Waals surface area contributed by atoms with E-state index in [4.69, 9.17) is 9.47 Å². The zero-order chi connectivity index (χ0) is 20.0. The van der Waals surface area contributed by atoms with Crippen LogP contribution in [0.25, 0.3) is 0 Å². The fraction of sp³-hybridized carbons (Fsp3) is 0.429. The number of ether oxygens (including phenoxy) is 2. The quantitative estimate of drug-likeness (QED) is 0.665. The Morgan fingerprint density at radius 2 is 1.81 bits per heavy atom. The van der Waals surface area contributed by atoms with Gasteiger partial charge in [0.1, 0.15) is 11.3 Å². The van der Waals surface area contributed by atoms with Crippen molar-refractivity contribution < 1.29 is 14.3 Å². The first-order chi connectivity index (χ1) is 12.8. The Labute approximate surface area is 160 Å². The van der Waals surface area contributed by atoms with E-state index in [1.165, 1.54) is 0 Å². The second-order valence-electron chi connectivity index (χ2n) is 6.97. The molecule has 1 atom stereocenters. The Morgan fingerprint density at radius 1 is 1.15 bits per heavy atom. The van der Waals surface area contributed by atoms with Gasteiger partial charge in [0.15, 0.2) is 5.75 Å². The number of para-hydroxylation sites is 1. The average molecular weight is 372 g/mol. The summed E-state index contributed by atoms with van der Waals surface area (Å²) in [5.41, 5.74) is -0.494. The Bertz CT molecular complexity index is 805. The molecule has 1 aromatic carbocycles. The minimum atomic E-state index is -0.638. The van der Waals surface area contributed by atoms with Crippen LogP contribution >= 0.6 is 0 Å². The Balaban J connectivity index is 2.46. The van der Waals surface area contributed by atoms with Crippen molar-refractivity contribution in [1.82, 2.24) is 9.47 Å². The minimum Gasteiger partial charge on any atom is -0.462 e. The molecule has 0 aliphatic carbocycles. The largest absolute Gasteiger partial charge is 0.462 e. The second kappa shape index (κ2) is 9.37. The molecule has 0 fully saturated rings. The van der Waals surface area contributed by atoms with Gasteiger partial charge in [-0.15, -0.1) is 0 Å². The summed E-state index contributed by atoms with van der Waals surface area (Å²) in [4.78, 5) is 27.1. The van der Waals surface area contributed by atoms with Gasteiger partial charge in [-0.2, -0.15) is 0 Å². The number of hydrogen-bond acceptors (Lipinski definition) is 5. The molecule has 0 saturated carbocycles.